The van der Waals surface area contributed by atoms with Crippen LogP contribution in [0, 0.1) is 0 Å². The molecule has 0 aliphatic rings. The molecule has 3 aromatic rings. The van der Waals surface area contributed by atoms with Gasteiger partial charge >= 0.3 is 0 Å². The Kier molecular flexibility index (Phi) is 5.90. The van der Waals surface area contributed by atoms with Crippen molar-refractivity contribution >= 4 is 21.6 Å². The summed E-state index contributed by atoms with van der Waals surface area (Å²) in [5.41, 5.74) is 2.32. The molecule has 9 heteroatoms. The van der Waals surface area contributed by atoms with Crippen molar-refractivity contribution in [3.63, 3.8) is 0 Å². The average Bonchev–Trinajstić information content (AvgIpc) is 2.67. The Hall–Kier alpha value is -3.30. The minimum Gasteiger partial charge on any atom is -0.326 e. The predicted octanol–water partition coefficient (Wildman–Crippen LogP) is 1.83. The number of H-pyrrole nitrogens is 1. The summed E-state index contributed by atoms with van der Waals surface area (Å²) in [7, 11) is -3.77. The second-order valence-corrected chi connectivity index (χ2v) is 8.00. The normalized spacial score (nSPS) is 11.2. The van der Waals surface area contributed by atoms with Crippen molar-refractivity contribution < 1.29 is 13.2 Å². The van der Waals surface area contributed by atoms with E-state index in [2.05, 4.69) is 15.3 Å². The summed E-state index contributed by atoms with van der Waals surface area (Å²) in [5, 5.41) is 7.85. The monoisotopic (exact) mass is 412 g/mol. The Morgan fingerprint density at radius 1 is 1.14 bits per heavy atom. The summed E-state index contributed by atoms with van der Waals surface area (Å²) >= 11 is 0. The van der Waals surface area contributed by atoms with Crippen LogP contribution in [-0.4, -0.2) is 24.3 Å². The van der Waals surface area contributed by atoms with E-state index < -0.39 is 10.0 Å². The first-order chi connectivity index (χ1) is 13.7. The van der Waals surface area contributed by atoms with Gasteiger partial charge in [-0.3, -0.25) is 9.59 Å². The van der Waals surface area contributed by atoms with Gasteiger partial charge in [0.25, 0.3) is 5.56 Å². The van der Waals surface area contributed by atoms with Crippen LogP contribution in [-0.2, 0) is 27.7 Å². The molecule has 0 saturated heterocycles. The van der Waals surface area contributed by atoms with E-state index in [1.165, 1.54) is 18.2 Å². The highest BCUT2D eigenvalue weighted by atomic mass is 32.2. The molecule has 0 aliphatic heterocycles. The lowest BCUT2D eigenvalue weighted by Gasteiger charge is -2.08. The minimum atomic E-state index is -3.77. The molecule has 29 heavy (non-hydrogen) atoms. The van der Waals surface area contributed by atoms with Gasteiger partial charge in [0.1, 0.15) is 5.82 Å². The maximum Gasteiger partial charge on any atom is 0.251 e. The Morgan fingerprint density at radius 2 is 1.86 bits per heavy atom. The van der Waals surface area contributed by atoms with Crippen LogP contribution in [0.4, 0.5) is 5.69 Å². The zero-order chi connectivity index (χ0) is 21.0. The van der Waals surface area contributed by atoms with Gasteiger partial charge in [-0.2, -0.15) is 0 Å². The number of carbonyl (C=O) groups is 1. The van der Waals surface area contributed by atoms with Crippen molar-refractivity contribution in [3.05, 3.63) is 76.2 Å². The number of rotatable bonds is 6. The van der Waals surface area contributed by atoms with E-state index in [9.17, 15) is 18.0 Å². The fraction of sp³-hybridized carbons (Fsp3) is 0.150. The van der Waals surface area contributed by atoms with Crippen LogP contribution in [0.15, 0.2) is 64.3 Å². The third-order valence-corrected chi connectivity index (χ3v) is 5.12. The number of aromatic amines is 1. The van der Waals surface area contributed by atoms with Gasteiger partial charge in [-0.1, -0.05) is 31.2 Å². The zero-order valence-corrected chi connectivity index (χ0v) is 16.5. The highest BCUT2D eigenvalue weighted by molar-refractivity contribution is 7.89. The first-order valence-electron chi connectivity index (χ1n) is 8.87. The molecular formula is C20H20N4O4S. The number of benzene rings is 2. The number of primary sulfonamides is 1. The fourth-order valence-corrected chi connectivity index (χ4v) is 3.27. The molecule has 0 saturated carbocycles. The Morgan fingerprint density at radius 3 is 2.52 bits per heavy atom. The van der Waals surface area contributed by atoms with Crippen LogP contribution in [0.1, 0.15) is 18.2 Å². The van der Waals surface area contributed by atoms with E-state index in [-0.39, 0.29) is 22.8 Å². The number of hydrogen-bond acceptors (Lipinski definition) is 5. The van der Waals surface area contributed by atoms with Crippen LogP contribution in [0.5, 0.6) is 0 Å². The molecule has 1 heterocycles. The van der Waals surface area contributed by atoms with E-state index in [1.54, 1.807) is 36.4 Å². The Labute approximate surface area is 167 Å². The van der Waals surface area contributed by atoms with Gasteiger partial charge in [0, 0.05) is 23.0 Å². The first kappa shape index (κ1) is 20.4. The molecule has 0 fully saturated rings. The fourth-order valence-electron chi connectivity index (χ4n) is 2.76. The molecule has 3 rings (SSSR count). The van der Waals surface area contributed by atoms with Crippen LogP contribution in [0.25, 0.3) is 11.4 Å². The number of nitrogens with one attached hydrogen (secondary N) is 2. The summed E-state index contributed by atoms with van der Waals surface area (Å²) in [6, 6.07) is 14.3. The number of nitrogens with two attached hydrogens (primary N) is 1. The summed E-state index contributed by atoms with van der Waals surface area (Å²) in [5.74, 6) is 0.165. The second-order valence-electron chi connectivity index (χ2n) is 6.43. The lowest BCUT2D eigenvalue weighted by molar-refractivity contribution is -0.115. The Bertz CT molecular complexity index is 1200. The SMILES string of the molecule is CCc1cc(=O)[nH]c(-c2cccc(NC(=O)Cc3ccc(S(N)(=O)=O)cc3)c2)n1. The standard InChI is InChI=1S/C20H20N4O4S/c1-2-15-12-19(26)24-20(23-15)14-4-3-5-16(11-14)22-18(25)10-13-6-8-17(9-7-13)29(21,27)28/h3-9,11-12H,2,10H2,1H3,(H,22,25)(H2,21,27,28)(H,23,24,26). The van der Waals surface area contributed by atoms with Crippen molar-refractivity contribution in [1.82, 2.24) is 9.97 Å². The average molecular weight is 412 g/mol. The Balaban J connectivity index is 1.74. The van der Waals surface area contributed by atoms with Gasteiger partial charge < -0.3 is 10.3 Å². The van der Waals surface area contributed by atoms with Gasteiger partial charge in [0.15, 0.2) is 0 Å². The molecule has 0 unspecified atom stereocenters. The van der Waals surface area contributed by atoms with Gasteiger partial charge in [0.05, 0.1) is 11.3 Å². The predicted molar refractivity (Wildman–Crippen MR) is 110 cm³/mol. The molecule has 0 aliphatic carbocycles. The van der Waals surface area contributed by atoms with E-state index in [0.29, 0.717) is 34.8 Å². The number of hydrogen-bond donors (Lipinski definition) is 3. The third kappa shape index (κ3) is 5.37. The van der Waals surface area contributed by atoms with Crippen LogP contribution >= 0.6 is 0 Å². The molecule has 0 radical (unpaired) electrons. The summed E-state index contributed by atoms with van der Waals surface area (Å²) in [6.45, 7) is 1.91. The topological polar surface area (TPSA) is 135 Å². The molecule has 4 N–H and O–H groups in total. The number of aromatic nitrogens is 2. The quantitative estimate of drug-likeness (QED) is 0.568. The number of sulfonamides is 1. The van der Waals surface area contributed by atoms with Crippen LogP contribution in [0.3, 0.4) is 0 Å². The molecule has 2 aromatic carbocycles. The number of nitrogens with zero attached hydrogens (tertiary/aromatic N) is 1. The maximum atomic E-state index is 12.3. The van der Waals surface area contributed by atoms with E-state index >= 15 is 0 Å². The minimum absolute atomic E-state index is 0.00911. The van der Waals surface area contributed by atoms with Gasteiger partial charge in [0.2, 0.25) is 15.9 Å². The van der Waals surface area contributed by atoms with E-state index in [4.69, 9.17) is 5.14 Å². The number of anilines is 1. The zero-order valence-electron chi connectivity index (χ0n) is 15.7. The van der Waals surface area contributed by atoms with Crippen molar-refractivity contribution in [2.45, 2.75) is 24.7 Å². The number of amides is 1. The second kappa shape index (κ2) is 8.38. The molecule has 0 bridgehead atoms. The first-order valence-corrected chi connectivity index (χ1v) is 10.4. The van der Waals surface area contributed by atoms with Crippen molar-refractivity contribution in [2.75, 3.05) is 5.32 Å². The van der Waals surface area contributed by atoms with E-state index in [1.807, 2.05) is 6.92 Å². The lowest BCUT2D eigenvalue weighted by Crippen LogP contribution is -2.15. The summed E-state index contributed by atoms with van der Waals surface area (Å²) in [6.07, 6.45) is 0.702. The molecule has 8 nitrogen and oxygen atoms in total. The molecule has 1 amide bonds. The smallest absolute Gasteiger partial charge is 0.251 e. The summed E-state index contributed by atoms with van der Waals surface area (Å²) in [4.78, 5) is 31.2. The molecular weight excluding hydrogens is 392 g/mol. The molecule has 150 valence electrons. The van der Waals surface area contributed by atoms with Gasteiger partial charge in [-0.05, 0) is 36.2 Å². The van der Waals surface area contributed by atoms with Gasteiger partial charge in [-0.15, -0.1) is 0 Å². The molecule has 0 spiro atoms. The summed E-state index contributed by atoms with van der Waals surface area (Å²) < 4.78 is 22.6. The van der Waals surface area contributed by atoms with Crippen LogP contribution < -0.4 is 16.0 Å². The van der Waals surface area contributed by atoms with Gasteiger partial charge in [-0.25, -0.2) is 18.5 Å². The maximum absolute atomic E-state index is 12.3. The molecule has 0 atom stereocenters. The highest BCUT2D eigenvalue weighted by Crippen LogP contribution is 2.19. The van der Waals surface area contributed by atoms with Crippen LogP contribution in [0.2, 0.25) is 0 Å². The lowest BCUT2D eigenvalue weighted by atomic mass is 10.1. The number of aryl methyl sites for hydroxylation is 1. The van der Waals surface area contributed by atoms with Crippen molar-refractivity contribution in [3.8, 4) is 11.4 Å². The molecule has 1 aromatic heterocycles. The van der Waals surface area contributed by atoms with Crippen molar-refractivity contribution in [2.24, 2.45) is 5.14 Å². The third-order valence-electron chi connectivity index (χ3n) is 4.19. The van der Waals surface area contributed by atoms with E-state index in [0.717, 1.165) is 0 Å². The number of carbonyl (C=O) groups excluding carboxylic acids is 1. The largest absolute Gasteiger partial charge is 0.326 e. The highest BCUT2D eigenvalue weighted by Gasteiger charge is 2.10. The van der Waals surface area contributed by atoms with Crippen molar-refractivity contribution in [1.29, 1.82) is 0 Å².